The molecule has 3 aliphatic rings. The first-order valence-corrected chi connectivity index (χ1v) is 4.74. The average molecular weight is 182 g/mol. The first-order chi connectivity index (χ1) is 6.93. The zero-order valence-corrected chi connectivity index (χ0v) is 7.72. The van der Waals surface area contributed by atoms with Gasteiger partial charge in [-0.15, -0.1) is 0 Å². The van der Waals surface area contributed by atoms with Gasteiger partial charge in [-0.3, -0.25) is 0 Å². The molecule has 0 unspecified atom stereocenters. The fraction of sp³-hybridized carbons (Fsp3) is 0.0833. The summed E-state index contributed by atoms with van der Waals surface area (Å²) < 4.78 is 0. The van der Waals surface area contributed by atoms with E-state index in [1.807, 2.05) is 29.3 Å². The molecule has 0 saturated heterocycles. The van der Waals surface area contributed by atoms with Crippen LogP contribution in [0.25, 0.3) is 0 Å². The molecule has 1 aliphatic carbocycles. The molecule has 2 heteroatoms. The maximum Gasteiger partial charge on any atom is 0.137 e. The lowest BCUT2D eigenvalue weighted by atomic mass is 10.1. The maximum absolute atomic E-state index is 4.57. The van der Waals surface area contributed by atoms with E-state index in [4.69, 9.17) is 0 Å². The van der Waals surface area contributed by atoms with E-state index in [1.54, 1.807) is 0 Å². The molecule has 0 bridgehead atoms. The first-order valence-electron chi connectivity index (χ1n) is 4.74. The van der Waals surface area contributed by atoms with Crippen LogP contribution in [0.4, 0.5) is 0 Å². The topological polar surface area (TPSA) is 15.6 Å². The number of hydrogen-bond acceptors (Lipinski definition) is 2. The lowest BCUT2D eigenvalue weighted by molar-refractivity contribution is 0.737. The van der Waals surface area contributed by atoms with Crippen LogP contribution in [0.2, 0.25) is 0 Å². The van der Waals surface area contributed by atoms with Crippen LogP contribution in [0.3, 0.4) is 0 Å². The van der Waals surface area contributed by atoms with Gasteiger partial charge in [-0.1, -0.05) is 24.3 Å². The van der Waals surface area contributed by atoms with E-state index < -0.39 is 0 Å². The molecule has 2 nitrogen and oxygen atoms in total. The highest BCUT2D eigenvalue weighted by atomic mass is 15.2. The van der Waals surface area contributed by atoms with E-state index in [0.29, 0.717) is 0 Å². The molecule has 0 amide bonds. The van der Waals surface area contributed by atoms with E-state index in [0.717, 1.165) is 18.0 Å². The van der Waals surface area contributed by atoms with Crippen molar-refractivity contribution < 1.29 is 0 Å². The predicted molar refractivity (Wildman–Crippen MR) is 57.5 cm³/mol. The fourth-order valence-corrected chi connectivity index (χ4v) is 1.72. The molecule has 0 spiro atoms. The van der Waals surface area contributed by atoms with Crippen molar-refractivity contribution in [2.45, 2.75) is 6.42 Å². The number of allylic oxidation sites excluding steroid dienone is 5. The Morgan fingerprint density at radius 1 is 1.21 bits per heavy atom. The Bertz CT molecular complexity index is 445. The lowest BCUT2D eigenvalue weighted by Crippen LogP contribution is -2.24. The van der Waals surface area contributed by atoms with Gasteiger partial charge in [0.2, 0.25) is 0 Å². The molecule has 0 radical (unpaired) electrons. The summed E-state index contributed by atoms with van der Waals surface area (Å²) >= 11 is 0. The van der Waals surface area contributed by atoms with Crippen LogP contribution in [0.5, 0.6) is 0 Å². The highest BCUT2D eigenvalue weighted by Gasteiger charge is 2.16. The minimum absolute atomic E-state index is 0.989. The standard InChI is InChI=1S/C12H10N2/c1-2-6-11-10(5-1)9-14-8-4-3-7-12(14)13-11/h1,3-9H,2H2. The number of hydrogen-bond donors (Lipinski definition) is 0. The van der Waals surface area contributed by atoms with Crippen molar-refractivity contribution in [1.82, 2.24) is 4.90 Å². The number of fused-ring (bicyclic) bond motifs is 2. The van der Waals surface area contributed by atoms with Crippen LogP contribution in [-0.4, -0.2) is 10.7 Å². The van der Waals surface area contributed by atoms with Crippen LogP contribution < -0.4 is 0 Å². The molecule has 0 aromatic heterocycles. The van der Waals surface area contributed by atoms with Gasteiger partial charge in [-0.25, -0.2) is 4.99 Å². The highest BCUT2D eigenvalue weighted by molar-refractivity contribution is 5.97. The van der Waals surface area contributed by atoms with Crippen LogP contribution in [0.15, 0.2) is 65.1 Å². The van der Waals surface area contributed by atoms with E-state index >= 15 is 0 Å². The third kappa shape index (κ3) is 1.08. The SMILES string of the molecule is C1=CC2=NC3=CCC=CC3=CN2C=C1. The van der Waals surface area contributed by atoms with Crippen LogP contribution in [-0.2, 0) is 0 Å². The van der Waals surface area contributed by atoms with Gasteiger partial charge in [0, 0.05) is 18.0 Å². The summed E-state index contributed by atoms with van der Waals surface area (Å²) in [6.07, 6.45) is 17.6. The number of amidine groups is 1. The van der Waals surface area contributed by atoms with Crippen LogP contribution >= 0.6 is 0 Å². The molecule has 0 saturated carbocycles. The molecule has 14 heavy (non-hydrogen) atoms. The normalized spacial score (nSPS) is 22.3. The minimum Gasteiger partial charge on any atom is -0.308 e. The summed E-state index contributed by atoms with van der Waals surface area (Å²) in [5.41, 5.74) is 2.29. The van der Waals surface area contributed by atoms with Gasteiger partial charge in [-0.05, 0) is 18.6 Å². The molecular weight excluding hydrogens is 172 g/mol. The molecule has 0 aromatic rings. The van der Waals surface area contributed by atoms with Crippen molar-refractivity contribution in [3.63, 3.8) is 0 Å². The molecule has 0 aromatic carbocycles. The quantitative estimate of drug-likeness (QED) is 0.562. The molecule has 68 valence electrons. The van der Waals surface area contributed by atoms with E-state index in [9.17, 15) is 0 Å². The van der Waals surface area contributed by atoms with Gasteiger partial charge < -0.3 is 4.90 Å². The van der Waals surface area contributed by atoms with Gasteiger partial charge in [0.15, 0.2) is 0 Å². The third-order valence-corrected chi connectivity index (χ3v) is 2.42. The summed E-state index contributed by atoms with van der Waals surface area (Å²) in [7, 11) is 0. The van der Waals surface area contributed by atoms with Crippen LogP contribution in [0.1, 0.15) is 6.42 Å². The molecule has 0 fully saturated rings. The molecule has 2 heterocycles. The van der Waals surface area contributed by atoms with E-state index in [-0.39, 0.29) is 0 Å². The molecule has 0 atom stereocenters. The minimum atomic E-state index is 0.989. The summed E-state index contributed by atoms with van der Waals surface area (Å²) in [6.45, 7) is 0. The smallest absolute Gasteiger partial charge is 0.137 e. The van der Waals surface area contributed by atoms with Crippen molar-refractivity contribution in [3.05, 3.63) is 60.1 Å². The second-order valence-electron chi connectivity index (χ2n) is 3.39. The van der Waals surface area contributed by atoms with Crippen molar-refractivity contribution in [2.24, 2.45) is 4.99 Å². The number of nitrogens with zero attached hydrogens (tertiary/aromatic N) is 2. The summed E-state index contributed by atoms with van der Waals surface area (Å²) in [6, 6.07) is 0. The zero-order chi connectivity index (χ0) is 9.38. The maximum atomic E-state index is 4.57. The Labute approximate surface area is 82.9 Å². The first kappa shape index (κ1) is 7.56. The molecule has 3 rings (SSSR count). The molecule has 0 N–H and O–H groups in total. The monoisotopic (exact) mass is 182 g/mol. The summed E-state index contributed by atoms with van der Waals surface area (Å²) in [4.78, 5) is 6.62. The zero-order valence-electron chi connectivity index (χ0n) is 7.72. The van der Waals surface area contributed by atoms with Gasteiger partial charge in [0.1, 0.15) is 5.84 Å². The van der Waals surface area contributed by atoms with E-state index in [2.05, 4.69) is 29.4 Å². The highest BCUT2D eigenvalue weighted by Crippen LogP contribution is 2.25. The second-order valence-corrected chi connectivity index (χ2v) is 3.39. The van der Waals surface area contributed by atoms with Crippen molar-refractivity contribution in [1.29, 1.82) is 0 Å². The second kappa shape index (κ2) is 2.84. The summed E-state index contributed by atoms with van der Waals surface area (Å²) in [5, 5.41) is 0. The largest absolute Gasteiger partial charge is 0.308 e. The van der Waals surface area contributed by atoms with E-state index in [1.165, 1.54) is 5.57 Å². The third-order valence-electron chi connectivity index (χ3n) is 2.42. The Balaban J connectivity index is 2.08. The van der Waals surface area contributed by atoms with Crippen LogP contribution in [0, 0.1) is 0 Å². The van der Waals surface area contributed by atoms with Gasteiger partial charge in [0.05, 0.1) is 5.70 Å². The fourth-order valence-electron chi connectivity index (χ4n) is 1.72. The van der Waals surface area contributed by atoms with Gasteiger partial charge in [0.25, 0.3) is 0 Å². The number of aliphatic imine (C=N–C) groups is 1. The molecular formula is C12H10N2. The van der Waals surface area contributed by atoms with Crippen molar-refractivity contribution in [3.8, 4) is 0 Å². The summed E-state index contributed by atoms with van der Waals surface area (Å²) in [5.74, 6) is 0.998. The Morgan fingerprint density at radius 2 is 2.21 bits per heavy atom. The Hall–Kier alpha value is -1.83. The van der Waals surface area contributed by atoms with Gasteiger partial charge in [-0.2, -0.15) is 0 Å². The Kier molecular flexibility index (Phi) is 1.53. The average Bonchev–Trinajstić information content (AvgIpc) is 2.26. The van der Waals surface area contributed by atoms with Gasteiger partial charge >= 0.3 is 0 Å². The Morgan fingerprint density at radius 3 is 3.21 bits per heavy atom. The predicted octanol–water partition coefficient (Wildman–Crippen LogP) is 2.51. The molecule has 2 aliphatic heterocycles. The lowest BCUT2D eigenvalue weighted by Gasteiger charge is -2.25. The van der Waals surface area contributed by atoms with Crippen molar-refractivity contribution in [2.75, 3.05) is 0 Å². The number of rotatable bonds is 0. The van der Waals surface area contributed by atoms with Crippen molar-refractivity contribution >= 4 is 5.84 Å².